The highest BCUT2D eigenvalue weighted by atomic mass is 32.2. The van der Waals surface area contributed by atoms with Gasteiger partial charge in [0.05, 0.1) is 12.3 Å². The fraction of sp³-hybridized carbons (Fsp3) is 0.429. The summed E-state index contributed by atoms with van der Waals surface area (Å²) in [6, 6.07) is 1.97. The van der Waals surface area contributed by atoms with E-state index in [1.165, 1.54) is 11.2 Å². The van der Waals surface area contributed by atoms with Crippen molar-refractivity contribution in [3.05, 3.63) is 29.2 Å². The lowest BCUT2D eigenvalue weighted by molar-refractivity contribution is 0.181. The molecule has 6 nitrogen and oxygen atoms in total. The van der Waals surface area contributed by atoms with E-state index in [1.54, 1.807) is 34.7 Å². The summed E-state index contributed by atoms with van der Waals surface area (Å²) in [6.07, 6.45) is 3.45. The minimum Gasteiger partial charge on any atom is -0.378 e. The summed E-state index contributed by atoms with van der Waals surface area (Å²) in [5.41, 5.74) is 0.941. The van der Waals surface area contributed by atoms with Crippen LogP contribution in [-0.2, 0) is 16.8 Å². The van der Waals surface area contributed by atoms with Crippen molar-refractivity contribution < 1.29 is 4.74 Å². The summed E-state index contributed by atoms with van der Waals surface area (Å²) in [5.74, 6) is 0.574. The second-order valence-electron chi connectivity index (χ2n) is 5.83. The predicted molar refractivity (Wildman–Crippen MR) is 86.4 cm³/mol. The van der Waals surface area contributed by atoms with Gasteiger partial charge in [-0.25, -0.2) is 9.97 Å². The third-order valence-corrected chi connectivity index (χ3v) is 5.48. The third kappa shape index (κ3) is 3.13. The third-order valence-electron chi connectivity index (χ3n) is 2.98. The van der Waals surface area contributed by atoms with Crippen LogP contribution in [0.3, 0.4) is 0 Å². The molecule has 0 amide bonds. The SMILES string of the molecule is COCc1cc(Sc2ncc(C(C)(C)C)s2)n2ncnc2n1. The average molecular weight is 335 g/mol. The number of nitrogens with zero attached hydrogens (tertiary/aromatic N) is 5. The highest BCUT2D eigenvalue weighted by Gasteiger charge is 2.18. The Labute approximate surface area is 137 Å². The molecule has 0 aromatic carbocycles. The monoisotopic (exact) mass is 335 g/mol. The van der Waals surface area contributed by atoms with E-state index >= 15 is 0 Å². The van der Waals surface area contributed by atoms with Crippen LogP contribution >= 0.6 is 23.1 Å². The van der Waals surface area contributed by atoms with Gasteiger partial charge in [0.15, 0.2) is 4.34 Å². The fourth-order valence-electron chi connectivity index (χ4n) is 1.87. The predicted octanol–water partition coefficient (Wildman–Crippen LogP) is 3.18. The summed E-state index contributed by atoms with van der Waals surface area (Å²) in [4.78, 5) is 14.3. The number of aromatic nitrogens is 5. The standard InChI is InChI=1S/C14H17N5OS2/c1-14(2,3)10-6-15-13(21-10)22-11-5-9(7-20-4)18-12-16-8-17-19(11)12/h5-6,8H,7H2,1-4H3. The minimum absolute atomic E-state index is 0.110. The van der Waals surface area contributed by atoms with Crippen LogP contribution in [0.5, 0.6) is 0 Å². The topological polar surface area (TPSA) is 65.2 Å². The van der Waals surface area contributed by atoms with E-state index in [2.05, 4.69) is 40.8 Å². The van der Waals surface area contributed by atoms with Crippen LogP contribution in [0.1, 0.15) is 31.3 Å². The van der Waals surface area contributed by atoms with E-state index in [0.717, 1.165) is 15.1 Å². The maximum atomic E-state index is 5.17. The number of thiazole rings is 1. The zero-order valence-electron chi connectivity index (χ0n) is 12.9. The highest BCUT2D eigenvalue weighted by molar-refractivity contribution is 8.01. The van der Waals surface area contributed by atoms with Crippen LogP contribution in [0.2, 0.25) is 0 Å². The van der Waals surface area contributed by atoms with Crippen LogP contribution in [0.15, 0.2) is 28.0 Å². The molecule has 8 heteroatoms. The summed E-state index contributed by atoms with van der Waals surface area (Å²) in [6.45, 7) is 7.01. The van der Waals surface area contributed by atoms with Crippen molar-refractivity contribution in [3.63, 3.8) is 0 Å². The normalized spacial score (nSPS) is 12.2. The molecular weight excluding hydrogens is 318 g/mol. The maximum Gasteiger partial charge on any atom is 0.253 e. The first-order chi connectivity index (χ1) is 10.5. The Morgan fingerprint density at radius 1 is 1.32 bits per heavy atom. The van der Waals surface area contributed by atoms with E-state index < -0.39 is 0 Å². The second-order valence-corrected chi connectivity index (χ2v) is 8.13. The van der Waals surface area contributed by atoms with Gasteiger partial charge in [-0.3, -0.25) is 0 Å². The highest BCUT2D eigenvalue weighted by Crippen LogP contribution is 2.35. The maximum absolute atomic E-state index is 5.17. The minimum atomic E-state index is 0.110. The van der Waals surface area contributed by atoms with Crippen LogP contribution in [0.4, 0.5) is 0 Å². The number of hydrogen-bond acceptors (Lipinski definition) is 7. The van der Waals surface area contributed by atoms with Crippen molar-refractivity contribution in [3.8, 4) is 0 Å². The number of methoxy groups -OCH3 is 1. The Kier molecular flexibility index (Phi) is 4.16. The van der Waals surface area contributed by atoms with Gasteiger partial charge in [0.1, 0.15) is 11.4 Å². The number of fused-ring (bicyclic) bond motifs is 1. The lowest BCUT2D eigenvalue weighted by atomic mass is 9.96. The van der Waals surface area contributed by atoms with Gasteiger partial charge in [-0.15, -0.1) is 11.3 Å². The lowest BCUT2D eigenvalue weighted by Crippen LogP contribution is -2.07. The summed E-state index contributed by atoms with van der Waals surface area (Å²) in [5, 5.41) is 5.16. The van der Waals surface area contributed by atoms with E-state index in [1.807, 2.05) is 12.3 Å². The van der Waals surface area contributed by atoms with Gasteiger partial charge in [-0.05, 0) is 23.2 Å². The van der Waals surface area contributed by atoms with Crippen molar-refractivity contribution in [2.24, 2.45) is 0 Å². The van der Waals surface area contributed by atoms with E-state index in [0.29, 0.717) is 12.4 Å². The van der Waals surface area contributed by atoms with Crippen LogP contribution in [0.25, 0.3) is 5.78 Å². The second kappa shape index (κ2) is 5.94. The van der Waals surface area contributed by atoms with E-state index in [9.17, 15) is 0 Å². The molecule has 0 aliphatic heterocycles. The molecule has 3 heterocycles. The zero-order valence-corrected chi connectivity index (χ0v) is 14.5. The van der Waals surface area contributed by atoms with Gasteiger partial charge in [0, 0.05) is 18.2 Å². The molecule has 3 aromatic heterocycles. The molecule has 0 bridgehead atoms. The number of rotatable bonds is 4. The van der Waals surface area contributed by atoms with Gasteiger partial charge >= 0.3 is 0 Å². The van der Waals surface area contributed by atoms with E-state index in [4.69, 9.17) is 4.74 Å². The molecule has 22 heavy (non-hydrogen) atoms. The largest absolute Gasteiger partial charge is 0.378 e. The summed E-state index contributed by atoms with van der Waals surface area (Å²) < 4.78 is 7.87. The Bertz CT molecular complexity index is 790. The van der Waals surface area contributed by atoms with Gasteiger partial charge in [-0.1, -0.05) is 20.8 Å². The first-order valence-corrected chi connectivity index (χ1v) is 8.43. The first-order valence-electron chi connectivity index (χ1n) is 6.80. The Balaban J connectivity index is 1.95. The molecule has 0 fully saturated rings. The van der Waals surface area contributed by atoms with Crippen molar-refractivity contribution in [1.29, 1.82) is 0 Å². The van der Waals surface area contributed by atoms with Gasteiger partial charge in [0.2, 0.25) is 0 Å². The van der Waals surface area contributed by atoms with Gasteiger partial charge in [-0.2, -0.15) is 14.6 Å². The Morgan fingerprint density at radius 2 is 2.14 bits per heavy atom. The summed E-state index contributed by atoms with van der Waals surface area (Å²) >= 11 is 3.27. The summed E-state index contributed by atoms with van der Waals surface area (Å²) in [7, 11) is 1.65. The average Bonchev–Trinajstić information content (AvgIpc) is 3.06. The van der Waals surface area contributed by atoms with Crippen molar-refractivity contribution in [2.75, 3.05) is 7.11 Å². The van der Waals surface area contributed by atoms with Crippen molar-refractivity contribution in [2.45, 2.75) is 42.2 Å². The number of hydrogen-bond donors (Lipinski definition) is 0. The molecule has 3 rings (SSSR count). The fourth-order valence-corrected chi connectivity index (χ4v) is 3.96. The molecule has 0 N–H and O–H groups in total. The molecule has 0 aliphatic rings. The molecule has 0 saturated carbocycles. The molecule has 0 aliphatic carbocycles. The smallest absolute Gasteiger partial charge is 0.253 e. The van der Waals surface area contributed by atoms with Crippen molar-refractivity contribution >= 4 is 28.9 Å². The van der Waals surface area contributed by atoms with Gasteiger partial charge < -0.3 is 4.74 Å². The molecule has 3 aromatic rings. The Morgan fingerprint density at radius 3 is 2.82 bits per heavy atom. The zero-order chi connectivity index (χ0) is 15.7. The molecule has 0 radical (unpaired) electrons. The lowest BCUT2D eigenvalue weighted by Gasteiger charge is -2.14. The molecule has 0 saturated heterocycles. The first kappa shape index (κ1) is 15.4. The molecule has 0 spiro atoms. The van der Waals surface area contributed by atoms with Crippen LogP contribution < -0.4 is 0 Å². The number of ether oxygens (including phenoxy) is 1. The quantitative estimate of drug-likeness (QED) is 0.682. The van der Waals surface area contributed by atoms with E-state index in [-0.39, 0.29) is 5.41 Å². The molecular formula is C14H17N5OS2. The molecule has 0 atom stereocenters. The molecule has 116 valence electrons. The van der Waals surface area contributed by atoms with Crippen LogP contribution in [-0.4, -0.2) is 31.7 Å². The molecule has 0 unspecified atom stereocenters. The Hall–Kier alpha value is -1.51. The van der Waals surface area contributed by atoms with Gasteiger partial charge in [0.25, 0.3) is 5.78 Å². The van der Waals surface area contributed by atoms with Crippen LogP contribution in [0, 0.1) is 0 Å². The van der Waals surface area contributed by atoms with Crippen molar-refractivity contribution in [1.82, 2.24) is 24.6 Å².